The Labute approximate surface area is 88.5 Å². The summed E-state index contributed by atoms with van der Waals surface area (Å²) in [7, 11) is 0. The second-order valence-electron chi connectivity index (χ2n) is 3.18. The van der Waals surface area contributed by atoms with Gasteiger partial charge in [0.2, 0.25) is 0 Å². The van der Waals surface area contributed by atoms with Crippen molar-refractivity contribution in [2.45, 2.75) is 23.6 Å². The van der Waals surface area contributed by atoms with Crippen LogP contribution in [0.4, 0.5) is 0 Å². The number of nitroso groups, excluding NO2 is 1. The molecule has 2 rings (SSSR count). The van der Waals surface area contributed by atoms with Crippen molar-refractivity contribution < 1.29 is 19.4 Å². The number of fused-ring (bicyclic) bond motifs is 1. The molecule has 2 aliphatic rings. The quantitative estimate of drug-likeness (QED) is 0.296. The van der Waals surface area contributed by atoms with E-state index in [4.69, 9.17) is 9.47 Å². The van der Waals surface area contributed by atoms with Crippen LogP contribution >= 0.6 is 11.9 Å². The average Bonchev–Trinajstić information content (AvgIpc) is 2.71. The lowest BCUT2D eigenvalue weighted by Crippen LogP contribution is -2.33. The Kier molecular flexibility index (Phi) is 3.03. The molecule has 2 fully saturated rings. The van der Waals surface area contributed by atoms with Crippen molar-refractivity contribution in [2.24, 2.45) is 4.58 Å². The molecule has 0 aromatic carbocycles. The van der Waals surface area contributed by atoms with Crippen LogP contribution in [0.1, 0.15) is 0 Å². The summed E-state index contributed by atoms with van der Waals surface area (Å²) in [6, 6.07) is 0. The molecule has 2 aliphatic heterocycles. The fraction of sp³-hybridized carbons (Fsp3) is 1.00. The van der Waals surface area contributed by atoms with Gasteiger partial charge in [-0.2, -0.15) is 0 Å². The predicted molar refractivity (Wildman–Crippen MR) is 48.5 cm³/mol. The van der Waals surface area contributed by atoms with Crippen LogP contribution in [0.15, 0.2) is 4.58 Å². The summed E-state index contributed by atoms with van der Waals surface area (Å²) in [6.45, 7) is 0.398. The fourth-order valence-corrected chi connectivity index (χ4v) is 2.38. The van der Waals surface area contributed by atoms with Gasteiger partial charge < -0.3 is 14.3 Å². The fourth-order valence-electron chi connectivity index (χ4n) is 1.78. The molecule has 0 aromatic rings. The first-order valence-corrected chi connectivity index (χ1v) is 5.09. The van der Waals surface area contributed by atoms with Gasteiger partial charge in [-0.15, -0.1) is 15.0 Å². The molecule has 0 radical (unpaired) electrons. The van der Waals surface area contributed by atoms with Gasteiger partial charge in [0.05, 0.1) is 18.5 Å². The van der Waals surface area contributed by atoms with E-state index in [-0.39, 0.29) is 18.0 Å². The van der Waals surface area contributed by atoms with Gasteiger partial charge in [0.1, 0.15) is 12.2 Å². The third-order valence-corrected chi connectivity index (χ3v) is 3.12. The molecule has 0 aromatic heterocycles. The Balaban J connectivity index is 1.95. The van der Waals surface area contributed by atoms with E-state index in [9.17, 15) is 15.0 Å². The summed E-state index contributed by atoms with van der Waals surface area (Å²) in [5.41, 5.74) is 0. The monoisotopic (exact) mass is 236 g/mol. The van der Waals surface area contributed by atoms with E-state index < -0.39 is 17.3 Å². The van der Waals surface area contributed by atoms with Crippen LogP contribution in [0.25, 0.3) is 0 Å². The van der Waals surface area contributed by atoms with E-state index in [0.29, 0.717) is 6.61 Å². The SMILES string of the molecule is O=NS[C@H]1CO[C@H]2[C@@H]1OC[C@H]2O[N+](=O)[O-]. The van der Waals surface area contributed by atoms with Gasteiger partial charge in [0.15, 0.2) is 6.10 Å². The highest BCUT2D eigenvalue weighted by atomic mass is 32.2. The van der Waals surface area contributed by atoms with Gasteiger partial charge >= 0.3 is 0 Å². The lowest BCUT2D eigenvalue weighted by Gasteiger charge is -2.13. The third-order valence-electron chi connectivity index (χ3n) is 2.36. The summed E-state index contributed by atoms with van der Waals surface area (Å²) in [5, 5.41) is 9.09. The molecule has 8 nitrogen and oxygen atoms in total. The summed E-state index contributed by atoms with van der Waals surface area (Å²) in [6.07, 6.45) is -1.53. The molecule has 2 heterocycles. The maximum Gasteiger partial charge on any atom is 0.294 e. The second-order valence-corrected chi connectivity index (χ2v) is 4.15. The van der Waals surface area contributed by atoms with Crippen molar-refractivity contribution in [1.29, 1.82) is 0 Å². The van der Waals surface area contributed by atoms with E-state index in [1.807, 2.05) is 0 Å². The Morgan fingerprint density at radius 2 is 2.13 bits per heavy atom. The van der Waals surface area contributed by atoms with Crippen molar-refractivity contribution in [2.75, 3.05) is 13.2 Å². The molecule has 15 heavy (non-hydrogen) atoms. The van der Waals surface area contributed by atoms with E-state index >= 15 is 0 Å². The number of hydrogen-bond donors (Lipinski definition) is 0. The summed E-state index contributed by atoms with van der Waals surface area (Å²) >= 11 is 0.830. The zero-order valence-electron chi connectivity index (χ0n) is 7.48. The normalized spacial score (nSPS) is 38.7. The first-order chi connectivity index (χ1) is 7.22. The van der Waals surface area contributed by atoms with Gasteiger partial charge in [-0.05, 0) is 0 Å². The molecule has 0 saturated carbocycles. The minimum Gasteiger partial charge on any atom is -0.372 e. The Morgan fingerprint density at radius 1 is 1.40 bits per heavy atom. The third kappa shape index (κ3) is 2.03. The minimum atomic E-state index is -0.863. The maximum atomic E-state index is 10.1. The summed E-state index contributed by atoms with van der Waals surface area (Å²) in [4.78, 5) is 24.6. The van der Waals surface area contributed by atoms with Crippen LogP contribution in [0.5, 0.6) is 0 Å². The number of rotatable bonds is 4. The smallest absolute Gasteiger partial charge is 0.294 e. The van der Waals surface area contributed by atoms with Crippen LogP contribution in [0, 0.1) is 15.0 Å². The standard InChI is InChI=1S/C6H8N2O6S/c9-7-15-4-2-13-5-3(14-8(10)11)1-12-6(4)5/h3-6H,1-2H2/t3-,4+,5-,6-/m1/s1. The molecule has 0 bridgehead atoms. The molecule has 4 atom stereocenters. The molecule has 0 amide bonds. The molecule has 2 saturated heterocycles. The highest BCUT2D eigenvalue weighted by Gasteiger charge is 2.50. The molecule has 0 unspecified atom stereocenters. The van der Waals surface area contributed by atoms with E-state index in [1.165, 1.54) is 0 Å². The maximum absolute atomic E-state index is 10.1. The second kappa shape index (κ2) is 4.29. The lowest BCUT2D eigenvalue weighted by atomic mass is 10.1. The van der Waals surface area contributed by atoms with Crippen molar-refractivity contribution in [3.63, 3.8) is 0 Å². The Morgan fingerprint density at radius 3 is 2.80 bits per heavy atom. The lowest BCUT2D eigenvalue weighted by molar-refractivity contribution is -0.769. The highest BCUT2D eigenvalue weighted by Crippen LogP contribution is 2.35. The summed E-state index contributed by atoms with van der Waals surface area (Å²) in [5.74, 6) is 0. The Hall–Kier alpha value is -0.930. The Bertz CT molecular complexity index is 276. The van der Waals surface area contributed by atoms with Crippen molar-refractivity contribution in [3.8, 4) is 0 Å². The van der Waals surface area contributed by atoms with Crippen LogP contribution in [-0.2, 0) is 14.3 Å². The van der Waals surface area contributed by atoms with E-state index in [1.54, 1.807) is 0 Å². The van der Waals surface area contributed by atoms with Gasteiger partial charge in [-0.25, -0.2) is 0 Å². The topological polar surface area (TPSA) is 100 Å². The first kappa shape index (κ1) is 10.6. The van der Waals surface area contributed by atoms with Gasteiger partial charge in [-0.3, -0.25) is 0 Å². The van der Waals surface area contributed by atoms with Crippen molar-refractivity contribution in [3.05, 3.63) is 15.0 Å². The molecule has 0 N–H and O–H groups in total. The number of nitrogens with zero attached hydrogens (tertiary/aromatic N) is 2. The van der Waals surface area contributed by atoms with Crippen LogP contribution in [0.2, 0.25) is 0 Å². The predicted octanol–water partition coefficient (Wildman–Crippen LogP) is 0.144. The molecule has 0 aliphatic carbocycles. The minimum absolute atomic E-state index is 0.103. The number of ether oxygens (including phenoxy) is 2. The van der Waals surface area contributed by atoms with Gasteiger partial charge in [0, 0.05) is 16.5 Å². The van der Waals surface area contributed by atoms with E-state index in [0.717, 1.165) is 11.9 Å². The number of hydrogen-bond acceptors (Lipinski definition) is 8. The van der Waals surface area contributed by atoms with Crippen molar-refractivity contribution >= 4 is 11.9 Å². The molecule has 84 valence electrons. The zero-order valence-corrected chi connectivity index (χ0v) is 8.29. The average molecular weight is 236 g/mol. The van der Waals surface area contributed by atoms with E-state index in [2.05, 4.69) is 9.42 Å². The zero-order chi connectivity index (χ0) is 10.8. The highest BCUT2D eigenvalue weighted by molar-refractivity contribution is 7.98. The molecule has 0 spiro atoms. The van der Waals surface area contributed by atoms with Crippen LogP contribution in [0.3, 0.4) is 0 Å². The largest absolute Gasteiger partial charge is 0.372 e. The van der Waals surface area contributed by atoms with Crippen molar-refractivity contribution in [1.82, 2.24) is 0 Å². The van der Waals surface area contributed by atoms with Gasteiger partial charge in [-0.1, -0.05) is 0 Å². The van der Waals surface area contributed by atoms with Crippen LogP contribution < -0.4 is 0 Å². The molecular formula is C6H8N2O6S. The molecule has 9 heteroatoms. The van der Waals surface area contributed by atoms with Gasteiger partial charge in [0.25, 0.3) is 5.09 Å². The van der Waals surface area contributed by atoms with Crippen LogP contribution in [-0.4, -0.2) is 41.9 Å². The first-order valence-electron chi connectivity index (χ1n) is 4.25. The summed E-state index contributed by atoms with van der Waals surface area (Å²) < 4.78 is 13.3. The molecular weight excluding hydrogens is 228 g/mol.